The Hall–Kier alpha value is -0.870. The second kappa shape index (κ2) is 4.57. The minimum atomic E-state index is -0.669. The van der Waals surface area contributed by atoms with Crippen LogP contribution in [0.15, 0.2) is 12.2 Å². The van der Waals surface area contributed by atoms with E-state index >= 15 is 0 Å². The van der Waals surface area contributed by atoms with Crippen molar-refractivity contribution in [3.05, 3.63) is 12.2 Å². The molecule has 20 heavy (non-hydrogen) atoms. The number of hydrogen-bond donors (Lipinski definition) is 2. The maximum Gasteiger partial charge on any atom is 0.334 e. The van der Waals surface area contributed by atoms with E-state index in [2.05, 4.69) is 20.4 Å². The predicted octanol–water partition coefficient (Wildman–Crippen LogP) is 1.65. The van der Waals surface area contributed by atoms with Crippen molar-refractivity contribution in [1.29, 1.82) is 0 Å². The summed E-state index contributed by atoms with van der Waals surface area (Å²) in [7, 11) is 0. The van der Waals surface area contributed by atoms with Gasteiger partial charge in [-0.05, 0) is 42.9 Å². The highest BCUT2D eigenvalue weighted by molar-refractivity contribution is 5.90. The lowest BCUT2D eigenvalue weighted by atomic mass is 9.64. The first kappa shape index (κ1) is 14.1. The summed E-state index contributed by atoms with van der Waals surface area (Å²) in [6.07, 6.45) is 1.69. The zero-order valence-corrected chi connectivity index (χ0v) is 12.2. The van der Waals surface area contributed by atoms with E-state index in [1.165, 1.54) is 0 Å². The van der Waals surface area contributed by atoms with Crippen molar-refractivity contribution in [2.45, 2.75) is 57.8 Å². The van der Waals surface area contributed by atoms with Gasteiger partial charge in [-0.15, -0.1) is 0 Å². The maximum atomic E-state index is 11.7. The molecule has 4 heteroatoms. The third-order valence-corrected chi connectivity index (χ3v) is 6.08. The highest BCUT2D eigenvalue weighted by atomic mass is 16.6. The molecule has 0 aromatic carbocycles. The number of hydrogen-bond acceptors (Lipinski definition) is 4. The van der Waals surface area contributed by atoms with Crippen molar-refractivity contribution in [2.75, 3.05) is 0 Å². The third-order valence-electron chi connectivity index (χ3n) is 6.08. The Labute approximate surface area is 119 Å². The van der Waals surface area contributed by atoms with E-state index in [4.69, 9.17) is 4.74 Å². The normalized spacial score (nSPS) is 52.0. The van der Waals surface area contributed by atoms with Crippen molar-refractivity contribution in [3.63, 3.8) is 0 Å². The number of carbonyl (C=O) groups is 1. The number of aliphatic hydroxyl groups is 2. The molecule has 0 bridgehead atoms. The van der Waals surface area contributed by atoms with E-state index < -0.39 is 12.2 Å². The van der Waals surface area contributed by atoms with Gasteiger partial charge in [0.05, 0.1) is 12.2 Å². The van der Waals surface area contributed by atoms with Gasteiger partial charge >= 0.3 is 5.97 Å². The summed E-state index contributed by atoms with van der Waals surface area (Å²) in [5.41, 5.74) is 0.313. The fourth-order valence-electron chi connectivity index (χ4n) is 4.77. The van der Waals surface area contributed by atoms with Crippen LogP contribution in [0.3, 0.4) is 0 Å². The molecule has 2 N–H and O–H groups in total. The maximum absolute atomic E-state index is 11.7. The van der Waals surface area contributed by atoms with Crippen LogP contribution in [-0.4, -0.2) is 34.5 Å². The van der Waals surface area contributed by atoms with Crippen molar-refractivity contribution in [1.82, 2.24) is 0 Å². The van der Waals surface area contributed by atoms with Gasteiger partial charge in [0.25, 0.3) is 0 Å². The van der Waals surface area contributed by atoms with Crippen molar-refractivity contribution < 1.29 is 19.7 Å². The van der Waals surface area contributed by atoms with Crippen LogP contribution in [-0.2, 0) is 9.53 Å². The summed E-state index contributed by atoms with van der Waals surface area (Å²) in [5.74, 6) is 0.414. The van der Waals surface area contributed by atoms with E-state index in [-0.39, 0.29) is 29.3 Å². The molecule has 3 rings (SSSR count). The molecular weight excluding hydrogens is 256 g/mol. The number of fused-ring (bicyclic) bond motifs is 2. The second-order valence-corrected chi connectivity index (χ2v) is 7.19. The summed E-state index contributed by atoms with van der Waals surface area (Å²) in [4.78, 5) is 11.7. The first-order chi connectivity index (χ1) is 9.34. The largest absolute Gasteiger partial charge is 0.458 e. The first-order valence-corrected chi connectivity index (χ1v) is 7.60. The van der Waals surface area contributed by atoms with E-state index in [9.17, 15) is 15.0 Å². The van der Waals surface area contributed by atoms with Crippen LogP contribution in [0.5, 0.6) is 0 Å². The van der Waals surface area contributed by atoms with Gasteiger partial charge in [0.2, 0.25) is 0 Å². The summed E-state index contributed by atoms with van der Waals surface area (Å²) in [6, 6.07) is 0. The van der Waals surface area contributed by atoms with Gasteiger partial charge in [0.1, 0.15) is 6.10 Å². The SMILES string of the molecule is C=C1C(=O)OC2CC(C)C3CC(O)C(O)C3(C)CCC12. The van der Waals surface area contributed by atoms with Gasteiger partial charge in [-0.1, -0.05) is 20.4 Å². The quantitative estimate of drug-likeness (QED) is 0.523. The lowest BCUT2D eigenvalue weighted by Gasteiger charge is -2.41. The van der Waals surface area contributed by atoms with Gasteiger partial charge in [-0.3, -0.25) is 0 Å². The Morgan fingerprint density at radius 2 is 2.05 bits per heavy atom. The first-order valence-electron chi connectivity index (χ1n) is 7.60. The molecule has 0 spiro atoms. The Morgan fingerprint density at radius 3 is 2.75 bits per heavy atom. The molecule has 3 aliphatic rings. The fraction of sp³-hybridized carbons (Fsp3) is 0.812. The van der Waals surface area contributed by atoms with Gasteiger partial charge < -0.3 is 14.9 Å². The van der Waals surface area contributed by atoms with Crippen LogP contribution in [0.2, 0.25) is 0 Å². The van der Waals surface area contributed by atoms with E-state index in [0.29, 0.717) is 17.9 Å². The molecule has 1 aliphatic heterocycles. The van der Waals surface area contributed by atoms with E-state index in [1.807, 2.05) is 0 Å². The number of rotatable bonds is 0. The highest BCUT2D eigenvalue weighted by Gasteiger charge is 2.55. The van der Waals surface area contributed by atoms with Crippen LogP contribution in [0.1, 0.15) is 39.5 Å². The van der Waals surface area contributed by atoms with Crippen molar-refractivity contribution in [2.24, 2.45) is 23.2 Å². The Bertz CT molecular complexity index is 446. The van der Waals surface area contributed by atoms with Gasteiger partial charge in [-0.25, -0.2) is 4.79 Å². The zero-order chi connectivity index (χ0) is 14.7. The van der Waals surface area contributed by atoms with Crippen LogP contribution in [0.4, 0.5) is 0 Å². The van der Waals surface area contributed by atoms with Gasteiger partial charge in [0.15, 0.2) is 0 Å². The third kappa shape index (κ3) is 1.85. The molecule has 112 valence electrons. The minimum Gasteiger partial charge on any atom is -0.458 e. The molecule has 0 radical (unpaired) electrons. The molecule has 2 saturated carbocycles. The second-order valence-electron chi connectivity index (χ2n) is 7.19. The Balaban J connectivity index is 1.89. The Kier molecular flexibility index (Phi) is 3.22. The van der Waals surface area contributed by atoms with Crippen LogP contribution in [0, 0.1) is 23.2 Å². The summed E-state index contributed by atoms with van der Waals surface area (Å²) < 4.78 is 5.46. The average Bonchev–Trinajstić information content (AvgIpc) is 2.77. The number of ether oxygens (including phenoxy) is 1. The van der Waals surface area contributed by atoms with Gasteiger partial charge in [0, 0.05) is 11.5 Å². The van der Waals surface area contributed by atoms with Crippen LogP contribution < -0.4 is 0 Å². The lowest BCUT2D eigenvalue weighted by molar-refractivity contribution is -0.140. The molecule has 1 heterocycles. The average molecular weight is 280 g/mol. The number of esters is 1. The summed E-state index contributed by atoms with van der Waals surface area (Å²) in [5, 5.41) is 20.4. The van der Waals surface area contributed by atoms with E-state index in [0.717, 1.165) is 19.3 Å². The number of aliphatic hydroxyl groups excluding tert-OH is 2. The van der Waals surface area contributed by atoms with Gasteiger partial charge in [-0.2, -0.15) is 0 Å². The Morgan fingerprint density at radius 1 is 1.35 bits per heavy atom. The molecule has 7 unspecified atom stereocenters. The fourth-order valence-corrected chi connectivity index (χ4v) is 4.77. The standard InChI is InChI=1S/C16H24O4/c1-8-6-13-10(9(2)15(19)20-13)4-5-16(3)11(8)7-12(17)14(16)18/h8,10-14,17-18H,2,4-7H2,1,3H3. The molecule has 0 aromatic rings. The monoisotopic (exact) mass is 280 g/mol. The molecule has 2 aliphatic carbocycles. The summed E-state index contributed by atoms with van der Waals surface area (Å²) in [6.45, 7) is 8.10. The highest BCUT2D eigenvalue weighted by Crippen LogP contribution is 2.54. The molecule has 0 amide bonds. The van der Waals surface area contributed by atoms with Crippen LogP contribution in [0.25, 0.3) is 0 Å². The van der Waals surface area contributed by atoms with Crippen molar-refractivity contribution in [3.8, 4) is 0 Å². The number of carbonyl (C=O) groups excluding carboxylic acids is 1. The van der Waals surface area contributed by atoms with Crippen LogP contribution >= 0.6 is 0 Å². The predicted molar refractivity (Wildman–Crippen MR) is 73.8 cm³/mol. The molecule has 4 nitrogen and oxygen atoms in total. The summed E-state index contributed by atoms with van der Waals surface area (Å²) >= 11 is 0. The zero-order valence-electron chi connectivity index (χ0n) is 12.2. The molecule has 1 saturated heterocycles. The molecule has 7 atom stereocenters. The van der Waals surface area contributed by atoms with Crippen molar-refractivity contribution >= 4 is 5.97 Å². The molecule has 3 fully saturated rings. The minimum absolute atomic E-state index is 0.0653. The molecule has 0 aromatic heterocycles. The smallest absolute Gasteiger partial charge is 0.334 e. The molecular formula is C16H24O4. The lowest BCUT2D eigenvalue weighted by Crippen LogP contribution is -2.41. The van der Waals surface area contributed by atoms with E-state index in [1.54, 1.807) is 0 Å². The topological polar surface area (TPSA) is 66.8 Å².